The summed E-state index contributed by atoms with van der Waals surface area (Å²) in [5.74, 6) is 0.445. The van der Waals surface area contributed by atoms with Gasteiger partial charge in [0.25, 0.3) is 0 Å². The van der Waals surface area contributed by atoms with Crippen LogP contribution in [-0.4, -0.2) is 62.5 Å². The Bertz CT molecular complexity index is 926. The van der Waals surface area contributed by atoms with Crippen LogP contribution in [-0.2, 0) is 4.79 Å². The van der Waals surface area contributed by atoms with Gasteiger partial charge in [-0.3, -0.25) is 9.69 Å². The molecule has 2 aromatic rings. The van der Waals surface area contributed by atoms with Gasteiger partial charge in [0, 0.05) is 19.1 Å². The van der Waals surface area contributed by atoms with Crippen LogP contribution in [0, 0.1) is 0 Å². The van der Waals surface area contributed by atoms with E-state index in [-0.39, 0.29) is 11.9 Å². The fourth-order valence-corrected chi connectivity index (χ4v) is 3.53. The van der Waals surface area contributed by atoms with E-state index < -0.39 is 12.3 Å². The van der Waals surface area contributed by atoms with Crippen molar-refractivity contribution >= 4 is 40.6 Å². The van der Waals surface area contributed by atoms with Crippen LogP contribution in [0.2, 0.25) is 5.02 Å². The van der Waals surface area contributed by atoms with Gasteiger partial charge in [-0.25, -0.2) is 4.98 Å². The number of piperidine rings is 1. The first kappa shape index (κ1) is 23.0. The molecule has 1 amide bonds. The maximum Gasteiger partial charge on any atom is 0.247 e. The highest BCUT2D eigenvalue weighted by atomic mass is 35.5. The number of carbonyl (C=O) groups excluding carboxylic acids is 1. The van der Waals surface area contributed by atoms with Crippen LogP contribution < -0.4 is 16.0 Å². The van der Waals surface area contributed by atoms with E-state index in [2.05, 4.69) is 32.5 Å². The summed E-state index contributed by atoms with van der Waals surface area (Å²) in [4.78, 5) is 22.3. The fourth-order valence-electron chi connectivity index (χ4n) is 3.39. The zero-order valence-corrected chi connectivity index (χ0v) is 18.0. The molecule has 5 N–H and O–H groups in total. The van der Waals surface area contributed by atoms with Crippen LogP contribution in [0.5, 0.6) is 0 Å². The zero-order chi connectivity index (χ0) is 22.4. The summed E-state index contributed by atoms with van der Waals surface area (Å²) in [5.41, 5.74) is 1.18. The first-order valence-electron chi connectivity index (χ1n) is 10.1. The molecule has 31 heavy (non-hydrogen) atoms. The Hall–Kier alpha value is -2.72. The molecule has 0 aliphatic carbocycles. The predicted molar refractivity (Wildman–Crippen MR) is 121 cm³/mol. The Labute approximate surface area is 186 Å². The fraction of sp³-hybridized carbons (Fsp3) is 0.381. The third-order valence-electron chi connectivity index (χ3n) is 4.96. The SMILES string of the molecule is C=CC(=O)Nc1ccccc1Nc1nc(N[C@H]2CCCN(C(O)[C@H](C)O)C2)ncc1Cl. The Morgan fingerprint density at radius 2 is 2.10 bits per heavy atom. The van der Waals surface area contributed by atoms with Gasteiger partial charge in [-0.2, -0.15) is 4.98 Å². The molecule has 0 bridgehead atoms. The molecule has 0 radical (unpaired) electrons. The summed E-state index contributed by atoms with van der Waals surface area (Å²) >= 11 is 6.29. The minimum atomic E-state index is -0.907. The standard InChI is InChI=1S/C21H27ClN6O3/c1-3-18(30)25-16-8-4-5-9-17(16)26-19-15(22)11-23-21(27-19)24-14-7-6-10-28(12-14)20(31)13(2)29/h3-5,8-9,11,13-14,20,29,31H,1,6-7,10,12H2,2H3,(H,25,30)(H2,23,24,26,27)/t13-,14-,20?/m0/s1. The lowest BCUT2D eigenvalue weighted by molar-refractivity contribution is -0.111. The molecule has 166 valence electrons. The molecule has 1 aliphatic rings. The van der Waals surface area contributed by atoms with Gasteiger partial charge in [-0.05, 0) is 38.0 Å². The highest BCUT2D eigenvalue weighted by molar-refractivity contribution is 6.33. The molecule has 9 nitrogen and oxygen atoms in total. The number of nitrogens with zero attached hydrogens (tertiary/aromatic N) is 3. The highest BCUT2D eigenvalue weighted by Gasteiger charge is 2.27. The second kappa shape index (κ2) is 10.5. The van der Waals surface area contributed by atoms with Crippen molar-refractivity contribution in [2.24, 2.45) is 0 Å². The molecule has 0 saturated carbocycles. The van der Waals surface area contributed by atoms with Crippen molar-refractivity contribution in [1.82, 2.24) is 14.9 Å². The van der Waals surface area contributed by atoms with E-state index in [1.807, 2.05) is 11.0 Å². The minimum Gasteiger partial charge on any atom is -0.389 e. The largest absolute Gasteiger partial charge is 0.389 e. The second-order valence-corrected chi connectivity index (χ2v) is 7.79. The van der Waals surface area contributed by atoms with Crippen LogP contribution in [0.4, 0.5) is 23.1 Å². The van der Waals surface area contributed by atoms with E-state index in [1.165, 1.54) is 12.3 Å². The molecule has 2 heterocycles. The monoisotopic (exact) mass is 446 g/mol. The van der Waals surface area contributed by atoms with E-state index in [0.717, 1.165) is 12.8 Å². The van der Waals surface area contributed by atoms with Crippen LogP contribution in [0.25, 0.3) is 0 Å². The van der Waals surface area contributed by atoms with Crippen molar-refractivity contribution < 1.29 is 15.0 Å². The molecule has 1 saturated heterocycles. The lowest BCUT2D eigenvalue weighted by Gasteiger charge is -2.37. The number of hydrogen-bond acceptors (Lipinski definition) is 8. The molecular weight excluding hydrogens is 420 g/mol. The second-order valence-electron chi connectivity index (χ2n) is 7.39. The number of carbonyl (C=O) groups is 1. The lowest BCUT2D eigenvalue weighted by atomic mass is 10.0. The number of anilines is 4. The number of aliphatic hydroxyl groups is 2. The highest BCUT2D eigenvalue weighted by Crippen LogP contribution is 2.29. The van der Waals surface area contributed by atoms with Crippen molar-refractivity contribution in [3.05, 3.63) is 48.1 Å². The van der Waals surface area contributed by atoms with Gasteiger partial charge < -0.3 is 26.2 Å². The summed E-state index contributed by atoms with van der Waals surface area (Å²) in [7, 11) is 0. The van der Waals surface area contributed by atoms with Crippen molar-refractivity contribution in [3.8, 4) is 0 Å². The summed E-state index contributed by atoms with van der Waals surface area (Å²) in [5, 5.41) is 29.3. The van der Waals surface area contributed by atoms with E-state index in [4.69, 9.17) is 11.6 Å². The Morgan fingerprint density at radius 1 is 1.35 bits per heavy atom. The van der Waals surface area contributed by atoms with Gasteiger partial charge >= 0.3 is 0 Å². The summed E-state index contributed by atoms with van der Waals surface area (Å²) in [6.45, 7) is 6.30. The molecule has 1 aromatic heterocycles. The number of hydrogen-bond donors (Lipinski definition) is 5. The van der Waals surface area contributed by atoms with Crippen molar-refractivity contribution in [1.29, 1.82) is 0 Å². The Kier molecular flexibility index (Phi) is 7.80. The number of amides is 1. The Balaban J connectivity index is 1.73. The molecule has 1 aliphatic heterocycles. The van der Waals surface area contributed by atoms with Gasteiger partial charge in [0.05, 0.1) is 23.7 Å². The number of halogens is 1. The molecule has 1 unspecified atom stereocenters. The molecule has 1 aromatic carbocycles. The van der Waals surface area contributed by atoms with E-state index in [1.54, 1.807) is 25.1 Å². The van der Waals surface area contributed by atoms with Gasteiger partial charge in [0.15, 0.2) is 5.82 Å². The molecular formula is C21H27ClN6O3. The van der Waals surface area contributed by atoms with Gasteiger partial charge in [0.1, 0.15) is 11.3 Å². The number of benzene rings is 1. The van der Waals surface area contributed by atoms with E-state index >= 15 is 0 Å². The number of para-hydroxylation sites is 2. The van der Waals surface area contributed by atoms with Gasteiger partial charge in [-0.15, -0.1) is 0 Å². The van der Waals surface area contributed by atoms with Crippen LogP contribution >= 0.6 is 11.6 Å². The Morgan fingerprint density at radius 3 is 2.81 bits per heavy atom. The molecule has 3 atom stereocenters. The van der Waals surface area contributed by atoms with Crippen molar-refractivity contribution in [2.45, 2.75) is 38.1 Å². The zero-order valence-electron chi connectivity index (χ0n) is 17.3. The lowest BCUT2D eigenvalue weighted by Crippen LogP contribution is -2.50. The predicted octanol–water partition coefficient (Wildman–Crippen LogP) is 2.57. The number of likely N-dealkylation sites (tertiary alicyclic amines) is 1. The maximum absolute atomic E-state index is 11.7. The minimum absolute atomic E-state index is 0.00958. The molecule has 3 rings (SSSR count). The number of aromatic nitrogens is 2. The van der Waals surface area contributed by atoms with E-state index in [0.29, 0.717) is 41.3 Å². The summed E-state index contributed by atoms with van der Waals surface area (Å²) in [6, 6.07) is 7.18. The maximum atomic E-state index is 11.7. The normalized spacial score (nSPS) is 18.6. The molecule has 10 heteroatoms. The topological polar surface area (TPSA) is 123 Å². The third-order valence-corrected chi connectivity index (χ3v) is 5.24. The number of nitrogens with one attached hydrogen (secondary N) is 3. The number of rotatable bonds is 8. The van der Waals surface area contributed by atoms with Crippen LogP contribution in [0.3, 0.4) is 0 Å². The first-order valence-corrected chi connectivity index (χ1v) is 10.4. The molecule has 0 spiro atoms. The third kappa shape index (κ3) is 6.14. The smallest absolute Gasteiger partial charge is 0.247 e. The average molecular weight is 447 g/mol. The van der Waals surface area contributed by atoms with Gasteiger partial charge in [0.2, 0.25) is 11.9 Å². The van der Waals surface area contributed by atoms with Crippen molar-refractivity contribution in [2.75, 3.05) is 29.0 Å². The number of aliphatic hydroxyl groups excluding tert-OH is 2. The van der Waals surface area contributed by atoms with Crippen molar-refractivity contribution in [3.63, 3.8) is 0 Å². The van der Waals surface area contributed by atoms with Crippen LogP contribution in [0.1, 0.15) is 19.8 Å². The summed E-state index contributed by atoms with van der Waals surface area (Å²) < 4.78 is 0. The van der Waals surface area contributed by atoms with Crippen LogP contribution in [0.15, 0.2) is 43.1 Å². The quantitative estimate of drug-likeness (QED) is 0.392. The van der Waals surface area contributed by atoms with Gasteiger partial charge in [-0.1, -0.05) is 30.3 Å². The first-order chi connectivity index (χ1) is 14.9. The summed E-state index contributed by atoms with van der Waals surface area (Å²) in [6.07, 6.45) is 2.71. The average Bonchev–Trinajstić information content (AvgIpc) is 2.76. The van der Waals surface area contributed by atoms with E-state index in [9.17, 15) is 15.0 Å². The molecule has 1 fully saturated rings.